The Hall–Kier alpha value is -2.43. The lowest BCUT2D eigenvalue weighted by molar-refractivity contribution is 1.20. The lowest BCUT2D eigenvalue weighted by atomic mass is 10.1. The van der Waals surface area contributed by atoms with Gasteiger partial charge in [0.25, 0.3) is 0 Å². The number of imidazole rings is 1. The summed E-state index contributed by atoms with van der Waals surface area (Å²) in [6.07, 6.45) is 1.49. The number of rotatable bonds is 1. The number of nitrogens with one attached hydrogen (secondary N) is 1. The number of nitrogens with zero attached hydrogens (tertiary/aromatic N) is 3. The van der Waals surface area contributed by atoms with Gasteiger partial charge < -0.3 is 10.7 Å². The van der Waals surface area contributed by atoms with Crippen LogP contribution in [-0.4, -0.2) is 19.9 Å². The minimum atomic E-state index is 0.354. The molecule has 2 heterocycles. The van der Waals surface area contributed by atoms with Crippen LogP contribution in [0.25, 0.3) is 22.4 Å². The molecule has 5 heteroatoms. The van der Waals surface area contributed by atoms with Gasteiger partial charge in [-0.05, 0) is 0 Å². The summed E-state index contributed by atoms with van der Waals surface area (Å²) in [5, 5.41) is 0. The number of hydrogen-bond acceptors (Lipinski definition) is 4. The van der Waals surface area contributed by atoms with Gasteiger partial charge in [0.15, 0.2) is 11.6 Å². The molecular formula is C11H9N5. The molecule has 0 aliphatic rings. The second-order valence-electron chi connectivity index (χ2n) is 3.41. The molecule has 0 amide bonds. The molecule has 78 valence electrons. The van der Waals surface area contributed by atoms with Crippen molar-refractivity contribution >= 4 is 17.1 Å². The lowest BCUT2D eigenvalue weighted by Crippen LogP contribution is -1.87. The summed E-state index contributed by atoms with van der Waals surface area (Å²) in [5.41, 5.74) is 8.79. The molecule has 2 aromatic heterocycles. The molecule has 0 spiro atoms. The topological polar surface area (TPSA) is 80.5 Å². The van der Waals surface area contributed by atoms with Gasteiger partial charge in [-0.1, -0.05) is 30.3 Å². The molecule has 1 aromatic carbocycles. The Morgan fingerprint density at radius 3 is 2.69 bits per heavy atom. The summed E-state index contributed by atoms with van der Waals surface area (Å²) in [5.74, 6) is 0.354. The van der Waals surface area contributed by atoms with E-state index in [9.17, 15) is 0 Å². The van der Waals surface area contributed by atoms with E-state index in [1.54, 1.807) is 0 Å². The van der Waals surface area contributed by atoms with Gasteiger partial charge in [0.05, 0.1) is 5.69 Å². The zero-order valence-electron chi connectivity index (χ0n) is 8.38. The largest absolute Gasteiger partial charge is 0.369 e. The maximum atomic E-state index is 5.60. The first-order valence-electron chi connectivity index (χ1n) is 4.86. The SMILES string of the molecule is Nc1nc2ncnc(-c3ccccc3)c2[nH]1. The van der Waals surface area contributed by atoms with E-state index in [-0.39, 0.29) is 0 Å². The van der Waals surface area contributed by atoms with Gasteiger partial charge in [0.2, 0.25) is 0 Å². The average molecular weight is 211 g/mol. The summed E-state index contributed by atoms with van der Waals surface area (Å²) in [6.45, 7) is 0. The molecule has 3 N–H and O–H groups in total. The molecule has 0 unspecified atom stereocenters. The molecule has 0 saturated carbocycles. The molecular weight excluding hydrogens is 202 g/mol. The van der Waals surface area contributed by atoms with Crippen LogP contribution in [0.15, 0.2) is 36.7 Å². The second kappa shape index (κ2) is 3.30. The molecule has 0 aliphatic carbocycles. The van der Waals surface area contributed by atoms with E-state index in [0.717, 1.165) is 16.8 Å². The van der Waals surface area contributed by atoms with Gasteiger partial charge in [0, 0.05) is 5.56 Å². The van der Waals surface area contributed by atoms with Crippen LogP contribution in [0.4, 0.5) is 5.95 Å². The Morgan fingerprint density at radius 1 is 1.06 bits per heavy atom. The molecule has 16 heavy (non-hydrogen) atoms. The van der Waals surface area contributed by atoms with Crippen molar-refractivity contribution in [3.05, 3.63) is 36.7 Å². The normalized spacial score (nSPS) is 10.8. The maximum absolute atomic E-state index is 5.60. The third-order valence-electron chi connectivity index (χ3n) is 2.35. The van der Waals surface area contributed by atoms with Crippen molar-refractivity contribution in [3.8, 4) is 11.3 Å². The number of aromatic amines is 1. The van der Waals surface area contributed by atoms with Crippen molar-refractivity contribution in [1.82, 2.24) is 19.9 Å². The summed E-state index contributed by atoms with van der Waals surface area (Å²) >= 11 is 0. The highest BCUT2D eigenvalue weighted by atomic mass is 15.1. The van der Waals surface area contributed by atoms with Gasteiger partial charge >= 0.3 is 0 Å². The van der Waals surface area contributed by atoms with E-state index < -0.39 is 0 Å². The number of nitrogens with two attached hydrogens (primary N) is 1. The lowest BCUT2D eigenvalue weighted by Gasteiger charge is -1.99. The van der Waals surface area contributed by atoms with Gasteiger partial charge in [-0.25, -0.2) is 9.97 Å². The molecule has 0 saturated heterocycles. The van der Waals surface area contributed by atoms with Gasteiger partial charge in [-0.15, -0.1) is 0 Å². The highest BCUT2D eigenvalue weighted by molar-refractivity contribution is 5.87. The summed E-state index contributed by atoms with van der Waals surface area (Å²) in [4.78, 5) is 15.3. The van der Waals surface area contributed by atoms with E-state index >= 15 is 0 Å². The average Bonchev–Trinajstić information content (AvgIpc) is 2.70. The van der Waals surface area contributed by atoms with E-state index in [2.05, 4.69) is 19.9 Å². The molecule has 0 fully saturated rings. The first kappa shape index (κ1) is 8.84. The Balaban J connectivity index is 2.31. The fraction of sp³-hybridized carbons (Fsp3) is 0. The summed E-state index contributed by atoms with van der Waals surface area (Å²) in [6, 6.07) is 9.85. The third-order valence-corrected chi connectivity index (χ3v) is 2.35. The smallest absolute Gasteiger partial charge is 0.200 e. The highest BCUT2D eigenvalue weighted by Crippen LogP contribution is 2.23. The zero-order chi connectivity index (χ0) is 11.0. The minimum absolute atomic E-state index is 0.354. The van der Waals surface area contributed by atoms with Gasteiger partial charge in [0.1, 0.15) is 11.8 Å². The van der Waals surface area contributed by atoms with Crippen LogP contribution in [0.1, 0.15) is 0 Å². The van der Waals surface area contributed by atoms with Crippen LogP contribution in [-0.2, 0) is 0 Å². The Morgan fingerprint density at radius 2 is 1.88 bits per heavy atom. The predicted octanol–water partition coefficient (Wildman–Crippen LogP) is 1.60. The van der Waals surface area contributed by atoms with Crippen LogP contribution < -0.4 is 5.73 Å². The molecule has 0 bridgehead atoms. The fourth-order valence-electron chi connectivity index (χ4n) is 1.66. The van der Waals surface area contributed by atoms with Crippen molar-refractivity contribution in [2.45, 2.75) is 0 Å². The number of aromatic nitrogens is 4. The van der Waals surface area contributed by atoms with E-state index in [1.165, 1.54) is 6.33 Å². The van der Waals surface area contributed by atoms with Crippen molar-refractivity contribution in [1.29, 1.82) is 0 Å². The van der Waals surface area contributed by atoms with E-state index in [0.29, 0.717) is 11.6 Å². The van der Waals surface area contributed by atoms with Crippen molar-refractivity contribution < 1.29 is 0 Å². The Kier molecular flexibility index (Phi) is 1.83. The fourth-order valence-corrected chi connectivity index (χ4v) is 1.66. The molecule has 3 aromatic rings. The zero-order valence-corrected chi connectivity index (χ0v) is 8.38. The van der Waals surface area contributed by atoms with E-state index in [1.807, 2.05) is 30.3 Å². The Labute approximate surface area is 91.4 Å². The van der Waals surface area contributed by atoms with Crippen molar-refractivity contribution in [2.24, 2.45) is 0 Å². The number of nitrogen functional groups attached to an aromatic ring is 1. The Bertz CT molecular complexity index is 629. The molecule has 0 aliphatic heterocycles. The number of hydrogen-bond donors (Lipinski definition) is 2. The first-order chi connectivity index (χ1) is 7.84. The number of benzene rings is 1. The highest BCUT2D eigenvalue weighted by Gasteiger charge is 2.09. The monoisotopic (exact) mass is 211 g/mol. The first-order valence-corrected chi connectivity index (χ1v) is 4.86. The second-order valence-corrected chi connectivity index (χ2v) is 3.41. The van der Waals surface area contributed by atoms with Crippen LogP contribution >= 0.6 is 0 Å². The van der Waals surface area contributed by atoms with Crippen molar-refractivity contribution in [2.75, 3.05) is 5.73 Å². The number of anilines is 1. The minimum Gasteiger partial charge on any atom is -0.369 e. The summed E-state index contributed by atoms with van der Waals surface area (Å²) in [7, 11) is 0. The van der Waals surface area contributed by atoms with Crippen LogP contribution in [0.3, 0.4) is 0 Å². The molecule has 5 nitrogen and oxygen atoms in total. The number of H-pyrrole nitrogens is 1. The van der Waals surface area contributed by atoms with Crippen LogP contribution in [0.5, 0.6) is 0 Å². The van der Waals surface area contributed by atoms with Crippen molar-refractivity contribution in [3.63, 3.8) is 0 Å². The molecule has 3 rings (SSSR count). The van der Waals surface area contributed by atoms with Crippen LogP contribution in [0, 0.1) is 0 Å². The molecule has 0 atom stereocenters. The molecule has 0 radical (unpaired) electrons. The quantitative estimate of drug-likeness (QED) is 0.640. The predicted molar refractivity (Wildman–Crippen MR) is 61.5 cm³/mol. The van der Waals surface area contributed by atoms with Gasteiger partial charge in [-0.3, -0.25) is 0 Å². The van der Waals surface area contributed by atoms with E-state index in [4.69, 9.17) is 5.73 Å². The van der Waals surface area contributed by atoms with Crippen LogP contribution in [0.2, 0.25) is 0 Å². The van der Waals surface area contributed by atoms with Gasteiger partial charge in [-0.2, -0.15) is 4.98 Å². The number of fused-ring (bicyclic) bond motifs is 1. The maximum Gasteiger partial charge on any atom is 0.200 e. The standard InChI is InChI=1S/C11H9N5/c12-11-15-9-8(7-4-2-1-3-5-7)13-6-14-10(9)16-11/h1-6H,(H3,12,13,14,15,16). The third kappa shape index (κ3) is 1.30. The summed E-state index contributed by atoms with van der Waals surface area (Å²) < 4.78 is 0.